The van der Waals surface area contributed by atoms with Gasteiger partial charge in [-0.05, 0) is 13.8 Å². The van der Waals surface area contributed by atoms with Crippen molar-refractivity contribution in [3.63, 3.8) is 0 Å². The average Bonchev–Trinajstić information content (AvgIpc) is 2.84. The average molecular weight is 269 g/mol. The molecule has 7 nitrogen and oxygen atoms in total. The van der Waals surface area contributed by atoms with Crippen LogP contribution in [0.1, 0.15) is 12.6 Å². The Morgan fingerprint density at radius 1 is 1.39 bits per heavy atom. The molecule has 98 valence electrons. The summed E-state index contributed by atoms with van der Waals surface area (Å²) < 4.78 is 29.8. The third-order valence-electron chi connectivity index (χ3n) is 2.46. The van der Waals surface area contributed by atoms with E-state index in [4.69, 9.17) is 0 Å². The first-order valence-electron chi connectivity index (χ1n) is 5.49. The van der Waals surface area contributed by atoms with Crippen molar-refractivity contribution in [2.45, 2.75) is 25.3 Å². The predicted octanol–water partition coefficient (Wildman–Crippen LogP) is 0.746. The van der Waals surface area contributed by atoms with Crippen molar-refractivity contribution in [1.82, 2.24) is 19.6 Å². The number of nitrogens with zero attached hydrogens (tertiary/aromatic N) is 4. The molecule has 1 N–H and O–H groups in total. The van der Waals surface area contributed by atoms with Gasteiger partial charge >= 0.3 is 0 Å². The van der Waals surface area contributed by atoms with E-state index in [-0.39, 0.29) is 4.90 Å². The number of rotatable bonds is 4. The molecule has 0 bridgehead atoms. The van der Waals surface area contributed by atoms with Gasteiger partial charge in [-0.3, -0.25) is 14.1 Å². The number of hydrogen-bond donors (Lipinski definition) is 1. The normalized spacial score (nSPS) is 11.7. The van der Waals surface area contributed by atoms with Crippen LogP contribution in [0.2, 0.25) is 0 Å². The Labute approximate surface area is 105 Å². The topological polar surface area (TPSA) is 81.8 Å². The maximum Gasteiger partial charge on any atom is 0.266 e. The zero-order valence-electron chi connectivity index (χ0n) is 10.5. The molecule has 2 heterocycles. The molecule has 0 radical (unpaired) electrons. The number of anilines is 1. The first-order chi connectivity index (χ1) is 8.42. The summed E-state index contributed by atoms with van der Waals surface area (Å²) in [6.45, 7) is 4.27. The lowest BCUT2D eigenvalue weighted by molar-refractivity contribution is 0.599. The van der Waals surface area contributed by atoms with Crippen LogP contribution < -0.4 is 4.72 Å². The molecule has 18 heavy (non-hydrogen) atoms. The van der Waals surface area contributed by atoms with Gasteiger partial charge in [-0.15, -0.1) is 0 Å². The lowest BCUT2D eigenvalue weighted by Crippen LogP contribution is -2.14. The highest BCUT2D eigenvalue weighted by Gasteiger charge is 2.20. The van der Waals surface area contributed by atoms with Crippen LogP contribution >= 0.6 is 0 Å². The Hall–Kier alpha value is -1.83. The van der Waals surface area contributed by atoms with E-state index in [1.165, 1.54) is 10.9 Å². The van der Waals surface area contributed by atoms with Crippen LogP contribution in [0.15, 0.2) is 23.4 Å². The number of hydrogen-bond acceptors (Lipinski definition) is 4. The van der Waals surface area contributed by atoms with Crippen molar-refractivity contribution in [3.05, 3.63) is 24.2 Å². The number of aryl methyl sites for hydroxylation is 3. The van der Waals surface area contributed by atoms with Gasteiger partial charge in [-0.1, -0.05) is 0 Å². The standard InChI is InChI=1S/C10H15N5O2S/c1-4-15-6-5-10(12-15)13-18(16,17)9-7-14(3)11-8(9)2/h5-7H,4H2,1-3H3,(H,12,13). The molecule has 0 saturated heterocycles. The Kier molecular flexibility index (Phi) is 3.12. The lowest BCUT2D eigenvalue weighted by atomic mass is 10.5. The van der Waals surface area contributed by atoms with Crippen LogP contribution in [-0.2, 0) is 23.6 Å². The second kappa shape index (κ2) is 4.45. The molecule has 0 saturated carbocycles. The summed E-state index contributed by atoms with van der Waals surface area (Å²) in [5.41, 5.74) is 0.458. The highest BCUT2D eigenvalue weighted by molar-refractivity contribution is 7.92. The van der Waals surface area contributed by atoms with Crippen LogP contribution in [0.4, 0.5) is 5.82 Å². The van der Waals surface area contributed by atoms with Gasteiger partial charge in [-0.25, -0.2) is 8.42 Å². The Bertz CT molecular complexity index is 656. The van der Waals surface area contributed by atoms with Gasteiger partial charge in [-0.2, -0.15) is 10.2 Å². The summed E-state index contributed by atoms with van der Waals surface area (Å²) >= 11 is 0. The van der Waals surface area contributed by atoms with E-state index in [1.807, 2.05) is 6.92 Å². The van der Waals surface area contributed by atoms with Crippen LogP contribution in [0.5, 0.6) is 0 Å². The van der Waals surface area contributed by atoms with E-state index < -0.39 is 10.0 Å². The van der Waals surface area contributed by atoms with Gasteiger partial charge < -0.3 is 0 Å². The van der Waals surface area contributed by atoms with E-state index in [9.17, 15) is 8.42 Å². The minimum absolute atomic E-state index is 0.163. The molecule has 0 unspecified atom stereocenters. The molecule has 0 aliphatic heterocycles. The van der Waals surface area contributed by atoms with Gasteiger partial charge in [0.2, 0.25) is 0 Å². The maximum atomic E-state index is 12.1. The highest BCUT2D eigenvalue weighted by Crippen LogP contribution is 2.16. The summed E-state index contributed by atoms with van der Waals surface area (Å²) in [4.78, 5) is 0.163. The molecule has 0 aliphatic rings. The minimum atomic E-state index is -3.63. The molecule has 0 aromatic carbocycles. The van der Waals surface area contributed by atoms with E-state index in [0.29, 0.717) is 18.1 Å². The summed E-state index contributed by atoms with van der Waals surface area (Å²) in [7, 11) is -1.95. The molecule has 0 spiro atoms. The molecule has 2 aromatic heterocycles. The third-order valence-corrected chi connectivity index (χ3v) is 3.92. The first-order valence-corrected chi connectivity index (χ1v) is 6.97. The SMILES string of the molecule is CCn1ccc(NS(=O)(=O)c2cn(C)nc2C)n1. The van der Waals surface area contributed by atoms with Crippen molar-refractivity contribution in [3.8, 4) is 0 Å². The predicted molar refractivity (Wildman–Crippen MR) is 66.7 cm³/mol. The van der Waals surface area contributed by atoms with E-state index in [1.54, 1.807) is 30.9 Å². The lowest BCUT2D eigenvalue weighted by Gasteiger charge is -2.03. The van der Waals surface area contributed by atoms with E-state index >= 15 is 0 Å². The molecule has 0 amide bonds. The van der Waals surface area contributed by atoms with Crippen molar-refractivity contribution in [2.75, 3.05) is 4.72 Å². The molecule has 8 heteroatoms. The van der Waals surface area contributed by atoms with Crippen molar-refractivity contribution >= 4 is 15.8 Å². The molecule has 0 atom stereocenters. The first kappa shape index (κ1) is 12.6. The quantitative estimate of drug-likeness (QED) is 0.887. The number of aromatic nitrogens is 4. The largest absolute Gasteiger partial charge is 0.274 e. The smallest absolute Gasteiger partial charge is 0.266 e. The Morgan fingerprint density at radius 3 is 2.61 bits per heavy atom. The van der Waals surface area contributed by atoms with Gasteiger partial charge in [0.05, 0.1) is 5.69 Å². The molecule has 2 rings (SSSR count). The molecule has 0 fully saturated rings. The van der Waals surface area contributed by atoms with E-state index in [2.05, 4.69) is 14.9 Å². The summed E-state index contributed by atoms with van der Waals surface area (Å²) in [6, 6.07) is 1.62. The van der Waals surface area contributed by atoms with Crippen LogP contribution in [0, 0.1) is 6.92 Å². The fraction of sp³-hybridized carbons (Fsp3) is 0.400. The fourth-order valence-electron chi connectivity index (χ4n) is 1.63. The minimum Gasteiger partial charge on any atom is -0.274 e. The van der Waals surface area contributed by atoms with Crippen molar-refractivity contribution < 1.29 is 8.42 Å². The summed E-state index contributed by atoms with van der Waals surface area (Å²) in [5.74, 6) is 0.306. The van der Waals surface area contributed by atoms with Gasteiger partial charge in [0, 0.05) is 32.1 Å². The maximum absolute atomic E-state index is 12.1. The molecule has 0 aliphatic carbocycles. The van der Waals surface area contributed by atoms with Crippen LogP contribution in [0.25, 0.3) is 0 Å². The highest BCUT2D eigenvalue weighted by atomic mass is 32.2. The Balaban J connectivity index is 2.29. The third kappa shape index (κ3) is 2.37. The molecular weight excluding hydrogens is 254 g/mol. The second-order valence-corrected chi connectivity index (χ2v) is 5.57. The zero-order chi connectivity index (χ0) is 13.3. The van der Waals surface area contributed by atoms with Crippen LogP contribution in [-0.4, -0.2) is 28.0 Å². The molecule has 2 aromatic rings. The molecular formula is C10H15N5O2S. The van der Waals surface area contributed by atoms with Crippen LogP contribution in [0.3, 0.4) is 0 Å². The summed E-state index contributed by atoms with van der Waals surface area (Å²) in [6.07, 6.45) is 3.18. The van der Waals surface area contributed by atoms with E-state index in [0.717, 1.165) is 0 Å². The summed E-state index contributed by atoms with van der Waals surface area (Å²) in [5, 5.41) is 8.09. The van der Waals surface area contributed by atoms with Gasteiger partial charge in [0.25, 0.3) is 10.0 Å². The van der Waals surface area contributed by atoms with Gasteiger partial charge in [0.15, 0.2) is 5.82 Å². The van der Waals surface area contributed by atoms with Crippen molar-refractivity contribution in [1.29, 1.82) is 0 Å². The number of nitrogens with one attached hydrogen (secondary N) is 1. The monoisotopic (exact) mass is 269 g/mol. The second-order valence-electron chi connectivity index (χ2n) is 3.91. The van der Waals surface area contributed by atoms with Crippen molar-refractivity contribution in [2.24, 2.45) is 7.05 Å². The zero-order valence-corrected chi connectivity index (χ0v) is 11.3. The number of sulfonamides is 1. The Morgan fingerprint density at radius 2 is 2.11 bits per heavy atom. The van der Waals surface area contributed by atoms with Gasteiger partial charge in [0.1, 0.15) is 4.90 Å². The fourth-order valence-corrected chi connectivity index (χ4v) is 2.84.